The van der Waals surface area contributed by atoms with Gasteiger partial charge in [-0.3, -0.25) is 4.79 Å². The molecule has 0 aromatic carbocycles. The molecule has 0 aliphatic heterocycles. The van der Waals surface area contributed by atoms with Crippen LogP contribution in [0.2, 0.25) is 0 Å². The minimum atomic E-state index is -0.803. The molecule has 5 nitrogen and oxygen atoms in total. The monoisotopic (exact) mass is 305 g/mol. The number of hydrogen-bond donors (Lipinski definition) is 1. The highest BCUT2D eigenvalue weighted by atomic mass is 16.5. The third-order valence-corrected chi connectivity index (χ3v) is 4.03. The van der Waals surface area contributed by atoms with Gasteiger partial charge in [0.05, 0.1) is 6.26 Å². The van der Waals surface area contributed by atoms with Crippen LogP contribution in [0.1, 0.15) is 45.3 Å². The van der Waals surface area contributed by atoms with E-state index in [9.17, 15) is 9.59 Å². The van der Waals surface area contributed by atoms with E-state index in [0.717, 1.165) is 19.3 Å². The number of nitrogens with one attached hydrogen (secondary N) is 1. The summed E-state index contributed by atoms with van der Waals surface area (Å²) in [5.41, 5.74) is 0. The second-order valence-electron chi connectivity index (χ2n) is 5.80. The molecule has 1 saturated carbocycles. The molecule has 5 heteroatoms. The molecule has 1 aromatic rings. The highest BCUT2D eigenvalue weighted by Gasteiger charge is 2.25. The number of carbonyl (C=O) groups is 2. The summed E-state index contributed by atoms with van der Waals surface area (Å²) in [7, 11) is 0. The minimum absolute atomic E-state index is 0.182. The van der Waals surface area contributed by atoms with E-state index in [4.69, 9.17) is 9.15 Å². The van der Waals surface area contributed by atoms with Gasteiger partial charge >= 0.3 is 5.97 Å². The summed E-state index contributed by atoms with van der Waals surface area (Å²) < 4.78 is 10.2. The van der Waals surface area contributed by atoms with Crippen molar-refractivity contribution in [3.05, 3.63) is 30.2 Å². The molecule has 0 saturated heterocycles. The van der Waals surface area contributed by atoms with E-state index in [2.05, 4.69) is 12.2 Å². The van der Waals surface area contributed by atoms with Crippen LogP contribution < -0.4 is 5.32 Å². The lowest BCUT2D eigenvalue weighted by atomic mass is 9.86. The third-order valence-electron chi connectivity index (χ3n) is 4.03. The van der Waals surface area contributed by atoms with Crippen molar-refractivity contribution in [1.29, 1.82) is 0 Å². The van der Waals surface area contributed by atoms with Gasteiger partial charge in [0.2, 0.25) is 0 Å². The van der Waals surface area contributed by atoms with Gasteiger partial charge in [-0.05, 0) is 43.9 Å². The fraction of sp³-hybridized carbons (Fsp3) is 0.529. The number of esters is 1. The predicted molar refractivity (Wildman–Crippen MR) is 82.9 cm³/mol. The standard InChI is InChI=1S/C17H23NO4/c1-12-6-3-4-8-15(12)18-17(20)13(2)22-16(19)10-9-14-7-5-11-21-14/h5,7,9-13,15H,3-4,6,8H2,1-2H3,(H,18,20)/b10-9+/t12-,13-,15+/m1/s1. The Bertz CT molecular complexity index is 521. The van der Waals surface area contributed by atoms with Crippen LogP contribution in [0.15, 0.2) is 28.9 Å². The summed E-state index contributed by atoms with van der Waals surface area (Å²) in [5.74, 6) is 0.235. The average molecular weight is 305 g/mol. The Morgan fingerprint density at radius 1 is 1.41 bits per heavy atom. The number of amides is 1. The molecule has 1 aliphatic carbocycles. The number of hydrogen-bond acceptors (Lipinski definition) is 4. The first kappa shape index (κ1) is 16.3. The minimum Gasteiger partial charge on any atom is -0.465 e. The van der Waals surface area contributed by atoms with Crippen LogP contribution in [-0.2, 0) is 14.3 Å². The molecule has 1 aromatic heterocycles. The van der Waals surface area contributed by atoms with Crippen molar-refractivity contribution in [2.75, 3.05) is 0 Å². The zero-order valence-electron chi connectivity index (χ0n) is 13.1. The molecule has 1 heterocycles. The van der Waals surface area contributed by atoms with Crippen molar-refractivity contribution < 1.29 is 18.7 Å². The maximum atomic E-state index is 12.1. The van der Waals surface area contributed by atoms with Gasteiger partial charge in [0, 0.05) is 12.1 Å². The Kier molecular flexibility index (Phi) is 5.81. The second-order valence-corrected chi connectivity index (χ2v) is 5.80. The zero-order chi connectivity index (χ0) is 15.9. The topological polar surface area (TPSA) is 68.5 Å². The van der Waals surface area contributed by atoms with Crippen molar-refractivity contribution in [2.45, 2.75) is 51.7 Å². The van der Waals surface area contributed by atoms with Crippen molar-refractivity contribution in [1.82, 2.24) is 5.32 Å². The van der Waals surface area contributed by atoms with Crippen molar-refractivity contribution >= 4 is 18.0 Å². The molecular weight excluding hydrogens is 282 g/mol. The molecule has 120 valence electrons. The van der Waals surface area contributed by atoms with Crippen LogP contribution >= 0.6 is 0 Å². The van der Waals surface area contributed by atoms with E-state index in [1.165, 1.54) is 24.8 Å². The van der Waals surface area contributed by atoms with Gasteiger partial charge < -0.3 is 14.5 Å². The highest BCUT2D eigenvalue weighted by molar-refractivity contribution is 5.90. The van der Waals surface area contributed by atoms with E-state index < -0.39 is 12.1 Å². The first-order valence-corrected chi connectivity index (χ1v) is 7.79. The molecule has 1 fully saturated rings. The van der Waals surface area contributed by atoms with Crippen molar-refractivity contribution in [3.8, 4) is 0 Å². The quantitative estimate of drug-likeness (QED) is 0.671. The fourth-order valence-electron chi connectivity index (χ4n) is 2.63. The van der Waals surface area contributed by atoms with Gasteiger partial charge in [0.15, 0.2) is 6.10 Å². The number of carbonyl (C=O) groups excluding carboxylic acids is 2. The Morgan fingerprint density at radius 2 is 2.18 bits per heavy atom. The molecule has 0 bridgehead atoms. The van der Waals surface area contributed by atoms with Crippen molar-refractivity contribution in [3.63, 3.8) is 0 Å². The summed E-state index contributed by atoms with van der Waals surface area (Å²) >= 11 is 0. The first-order chi connectivity index (χ1) is 10.6. The van der Waals surface area contributed by atoms with Crippen LogP contribution in [0.5, 0.6) is 0 Å². The number of ether oxygens (including phenoxy) is 1. The Hall–Kier alpha value is -2.04. The predicted octanol–water partition coefficient (Wildman–Crippen LogP) is 2.92. The van der Waals surface area contributed by atoms with Crippen LogP contribution in [0.3, 0.4) is 0 Å². The van der Waals surface area contributed by atoms with Gasteiger partial charge in [-0.15, -0.1) is 0 Å². The summed E-state index contributed by atoms with van der Waals surface area (Å²) in [6.45, 7) is 3.73. The van der Waals surface area contributed by atoms with Crippen molar-refractivity contribution in [2.24, 2.45) is 5.92 Å². The van der Waals surface area contributed by atoms with E-state index in [1.807, 2.05) is 0 Å². The summed E-state index contributed by atoms with van der Waals surface area (Å²) in [4.78, 5) is 23.8. The lowest BCUT2D eigenvalue weighted by Crippen LogP contribution is -2.45. The molecule has 1 amide bonds. The molecule has 3 atom stereocenters. The summed E-state index contributed by atoms with van der Waals surface area (Å²) in [6.07, 6.45) is 7.96. The largest absolute Gasteiger partial charge is 0.465 e. The summed E-state index contributed by atoms with van der Waals surface area (Å²) in [6, 6.07) is 3.64. The fourth-order valence-corrected chi connectivity index (χ4v) is 2.63. The van der Waals surface area contributed by atoms with Crippen LogP contribution in [-0.4, -0.2) is 24.0 Å². The molecule has 0 radical (unpaired) electrons. The molecule has 1 N–H and O–H groups in total. The lowest BCUT2D eigenvalue weighted by molar-refractivity contribution is -0.150. The van der Waals surface area contributed by atoms with Gasteiger partial charge in [-0.25, -0.2) is 4.79 Å². The smallest absolute Gasteiger partial charge is 0.331 e. The molecule has 1 aliphatic rings. The van der Waals surface area contributed by atoms with E-state index >= 15 is 0 Å². The Morgan fingerprint density at radius 3 is 2.86 bits per heavy atom. The SMILES string of the molecule is C[C@@H]1CCCC[C@@H]1NC(=O)[C@@H](C)OC(=O)/C=C/c1ccco1. The zero-order valence-corrected chi connectivity index (χ0v) is 13.1. The normalized spacial score (nSPS) is 23.2. The number of rotatable bonds is 5. The third kappa shape index (κ3) is 4.76. The van der Waals surface area contributed by atoms with Gasteiger partial charge in [0.1, 0.15) is 5.76 Å². The highest BCUT2D eigenvalue weighted by Crippen LogP contribution is 2.23. The maximum absolute atomic E-state index is 12.1. The second kappa shape index (κ2) is 7.82. The van der Waals surface area contributed by atoms with E-state index in [1.54, 1.807) is 19.1 Å². The average Bonchev–Trinajstić information content (AvgIpc) is 3.00. The Labute approximate surface area is 130 Å². The molecule has 22 heavy (non-hydrogen) atoms. The van der Waals surface area contributed by atoms with Gasteiger partial charge in [-0.1, -0.05) is 19.8 Å². The van der Waals surface area contributed by atoms with E-state index in [-0.39, 0.29) is 11.9 Å². The molecular formula is C17H23NO4. The van der Waals surface area contributed by atoms with Crippen LogP contribution in [0.4, 0.5) is 0 Å². The number of furan rings is 1. The van der Waals surface area contributed by atoms with E-state index in [0.29, 0.717) is 11.7 Å². The Balaban J connectivity index is 1.79. The van der Waals surface area contributed by atoms with Gasteiger partial charge in [0.25, 0.3) is 5.91 Å². The molecule has 2 rings (SSSR count). The molecule has 0 spiro atoms. The summed E-state index contributed by atoms with van der Waals surface area (Å²) in [5, 5.41) is 2.98. The molecule has 0 unspecified atom stereocenters. The first-order valence-electron chi connectivity index (χ1n) is 7.79. The maximum Gasteiger partial charge on any atom is 0.331 e. The van der Waals surface area contributed by atoms with Crippen LogP contribution in [0.25, 0.3) is 6.08 Å². The van der Waals surface area contributed by atoms with Gasteiger partial charge in [-0.2, -0.15) is 0 Å². The van der Waals surface area contributed by atoms with Crippen LogP contribution in [0, 0.1) is 5.92 Å². The lowest BCUT2D eigenvalue weighted by Gasteiger charge is -2.30.